The van der Waals surface area contributed by atoms with Crippen LogP contribution in [0.1, 0.15) is 11.7 Å². The predicted octanol–water partition coefficient (Wildman–Crippen LogP) is 2.91. The van der Waals surface area contributed by atoms with Crippen LogP contribution in [0.4, 0.5) is 0 Å². The van der Waals surface area contributed by atoms with E-state index in [9.17, 15) is 5.11 Å². The molecule has 1 aliphatic heterocycles. The highest BCUT2D eigenvalue weighted by Gasteiger charge is 2.27. The minimum absolute atomic E-state index is 0.146. The Morgan fingerprint density at radius 1 is 1.11 bits per heavy atom. The molecule has 1 aliphatic rings. The molecule has 4 heteroatoms. The molecule has 0 fully saturated rings. The van der Waals surface area contributed by atoms with Crippen LogP contribution in [0.2, 0.25) is 0 Å². The monoisotopic (exact) mass is 258 g/mol. The van der Waals surface area contributed by atoms with Crippen LogP contribution in [0.5, 0.6) is 23.0 Å². The lowest BCUT2D eigenvalue weighted by molar-refractivity contribution is 0.0873. The SMILES string of the molecule is COc1cccc(O)c1C1COc2ccccc2O1. The zero-order valence-corrected chi connectivity index (χ0v) is 10.5. The van der Waals surface area contributed by atoms with Gasteiger partial charge in [-0.1, -0.05) is 18.2 Å². The molecule has 4 nitrogen and oxygen atoms in total. The lowest BCUT2D eigenvalue weighted by atomic mass is 10.1. The van der Waals surface area contributed by atoms with E-state index < -0.39 is 0 Å². The summed E-state index contributed by atoms with van der Waals surface area (Å²) < 4.78 is 16.8. The molecule has 0 aliphatic carbocycles. The molecule has 3 rings (SSSR count). The number of fused-ring (bicyclic) bond motifs is 1. The van der Waals surface area contributed by atoms with Crippen LogP contribution in [-0.2, 0) is 0 Å². The van der Waals surface area contributed by atoms with Crippen LogP contribution in [0.3, 0.4) is 0 Å². The minimum atomic E-state index is -0.383. The summed E-state index contributed by atoms with van der Waals surface area (Å²) in [5.41, 5.74) is 0.611. The van der Waals surface area contributed by atoms with Crippen LogP contribution in [0.15, 0.2) is 42.5 Å². The van der Waals surface area contributed by atoms with Crippen molar-refractivity contribution < 1.29 is 19.3 Å². The van der Waals surface area contributed by atoms with Crippen molar-refractivity contribution in [1.82, 2.24) is 0 Å². The number of methoxy groups -OCH3 is 1. The third-order valence-electron chi connectivity index (χ3n) is 3.09. The summed E-state index contributed by atoms with van der Waals surface area (Å²) in [6, 6.07) is 12.6. The molecule has 2 aromatic rings. The second-order valence-corrected chi connectivity index (χ2v) is 4.26. The Morgan fingerprint density at radius 2 is 1.89 bits per heavy atom. The van der Waals surface area contributed by atoms with Gasteiger partial charge in [0.1, 0.15) is 18.1 Å². The van der Waals surface area contributed by atoms with E-state index in [2.05, 4.69) is 0 Å². The number of phenolic OH excluding ortho intramolecular Hbond substituents is 1. The number of aromatic hydroxyl groups is 1. The van der Waals surface area contributed by atoms with Gasteiger partial charge in [0.05, 0.1) is 12.7 Å². The van der Waals surface area contributed by atoms with E-state index in [1.165, 1.54) is 0 Å². The molecular formula is C15H14O4. The number of phenols is 1. The third kappa shape index (κ3) is 2.05. The normalized spacial score (nSPS) is 17.0. The first-order valence-electron chi connectivity index (χ1n) is 6.04. The van der Waals surface area contributed by atoms with Crippen molar-refractivity contribution in [1.29, 1.82) is 0 Å². The van der Waals surface area contributed by atoms with Crippen molar-refractivity contribution in [2.45, 2.75) is 6.10 Å². The fourth-order valence-electron chi connectivity index (χ4n) is 2.20. The van der Waals surface area contributed by atoms with Gasteiger partial charge in [0.25, 0.3) is 0 Å². The van der Waals surface area contributed by atoms with Gasteiger partial charge < -0.3 is 19.3 Å². The number of para-hydroxylation sites is 2. The molecule has 1 unspecified atom stereocenters. The summed E-state index contributed by atoms with van der Waals surface area (Å²) >= 11 is 0. The van der Waals surface area contributed by atoms with E-state index in [0.717, 1.165) is 0 Å². The standard InChI is InChI=1S/C15H14O4/c1-17-13-8-4-5-10(16)15(13)14-9-18-11-6-2-3-7-12(11)19-14/h2-8,14,16H,9H2,1H3. The van der Waals surface area contributed by atoms with E-state index in [4.69, 9.17) is 14.2 Å². The van der Waals surface area contributed by atoms with Gasteiger partial charge in [-0.05, 0) is 24.3 Å². The van der Waals surface area contributed by atoms with E-state index in [-0.39, 0.29) is 11.9 Å². The molecule has 2 aromatic carbocycles. The first-order valence-corrected chi connectivity index (χ1v) is 6.04. The summed E-state index contributed by atoms with van der Waals surface area (Å²) in [5.74, 6) is 2.12. The van der Waals surface area contributed by atoms with Crippen molar-refractivity contribution in [3.8, 4) is 23.0 Å². The number of ether oxygens (including phenoxy) is 3. The van der Waals surface area contributed by atoms with Crippen LogP contribution in [0, 0.1) is 0 Å². The first kappa shape index (κ1) is 11.7. The predicted molar refractivity (Wildman–Crippen MR) is 70.0 cm³/mol. The molecule has 0 aromatic heterocycles. The zero-order valence-electron chi connectivity index (χ0n) is 10.5. The molecule has 98 valence electrons. The van der Waals surface area contributed by atoms with E-state index in [0.29, 0.717) is 29.4 Å². The van der Waals surface area contributed by atoms with Gasteiger partial charge in [0, 0.05) is 0 Å². The van der Waals surface area contributed by atoms with Crippen LogP contribution in [-0.4, -0.2) is 18.8 Å². The number of rotatable bonds is 2. The van der Waals surface area contributed by atoms with Gasteiger partial charge in [-0.3, -0.25) is 0 Å². The highest BCUT2D eigenvalue weighted by Crippen LogP contribution is 2.41. The average Bonchev–Trinajstić information content (AvgIpc) is 2.46. The molecule has 0 saturated heterocycles. The summed E-state index contributed by atoms with van der Waals surface area (Å²) in [5, 5.41) is 10.0. The van der Waals surface area contributed by atoms with Gasteiger partial charge in [0.15, 0.2) is 17.6 Å². The Kier molecular flexibility index (Phi) is 2.91. The van der Waals surface area contributed by atoms with Gasteiger partial charge in [-0.15, -0.1) is 0 Å². The van der Waals surface area contributed by atoms with Crippen LogP contribution >= 0.6 is 0 Å². The summed E-state index contributed by atoms with van der Waals surface area (Å²) in [4.78, 5) is 0. The largest absolute Gasteiger partial charge is 0.507 e. The maximum atomic E-state index is 10.0. The van der Waals surface area contributed by atoms with E-state index in [1.54, 1.807) is 25.3 Å². The molecule has 0 saturated carbocycles. The number of hydrogen-bond donors (Lipinski definition) is 1. The Hall–Kier alpha value is -2.36. The van der Waals surface area contributed by atoms with Crippen molar-refractivity contribution in [3.05, 3.63) is 48.0 Å². The second-order valence-electron chi connectivity index (χ2n) is 4.26. The lowest BCUT2D eigenvalue weighted by Gasteiger charge is -2.28. The number of benzene rings is 2. The quantitative estimate of drug-likeness (QED) is 0.899. The molecule has 1 N–H and O–H groups in total. The molecule has 1 atom stereocenters. The highest BCUT2D eigenvalue weighted by molar-refractivity contribution is 5.48. The van der Waals surface area contributed by atoms with E-state index >= 15 is 0 Å². The molecule has 0 amide bonds. The van der Waals surface area contributed by atoms with Crippen molar-refractivity contribution in [2.75, 3.05) is 13.7 Å². The van der Waals surface area contributed by atoms with Gasteiger partial charge in [-0.2, -0.15) is 0 Å². The topological polar surface area (TPSA) is 47.9 Å². The summed E-state index contributed by atoms with van der Waals surface area (Å²) in [6.45, 7) is 0.338. The second kappa shape index (κ2) is 4.72. The Morgan fingerprint density at radius 3 is 2.68 bits per heavy atom. The first-order chi connectivity index (χ1) is 9.29. The molecule has 1 heterocycles. The molecule has 19 heavy (non-hydrogen) atoms. The number of hydrogen-bond acceptors (Lipinski definition) is 4. The van der Waals surface area contributed by atoms with Crippen molar-refractivity contribution in [3.63, 3.8) is 0 Å². The smallest absolute Gasteiger partial charge is 0.165 e. The fraction of sp³-hybridized carbons (Fsp3) is 0.200. The Bertz CT molecular complexity index is 594. The zero-order chi connectivity index (χ0) is 13.2. The van der Waals surface area contributed by atoms with E-state index in [1.807, 2.05) is 24.3 Å². The maximum Gasteiger partial charge on any atom is 0.165 e. The molecular weight excluding hydrogens is 244 g/mol. The maximum absolute atomic E-state index is 10.0. The average molecular weight is 258 g/mol. The minimum Gasteiger partial charge on any atom is -0.507 e. The van der Waals surface area contributed by atoms with Gasteiger partial charge in [-0.25, -0.2) is 0 Å². The molecule has 0 spiro atoms. The summed E-state index contributed by atoms with van der Waals surface area (Å²) in [7, 11) is 1.57. The van der Waals surface area contributed by atoms with Crippen molar-refractivity contribution >= 4 is 0 Å². The van der Waals surface area contributed by atoms with Crippen LogP contribution in [0.25, 0.3) is 0 Å². The molecule has 0 bridgehead atoms. The Labute approximate surface area is 111 Å². The van der Waals surface area contributed by atoms with Gasteiger partial charge >= 0.3 is 0 Å². The van der Waals surface area contributed by atoms with Crippen molar-refractivity contribution in [2.24, 2.45) is 0 Å². The molecule has 0 radical (unpaired) electrons. The van der Waals surface area contributed by atoms with Crippen LogP contribution < -0.4 is 14.2 Å². The fourth-order valence-corrected chi connectivity index (χ4v) is 2.20. The lowest BCUT2D eigenvalue weighted by Crippen LogP contribution is -2.22. The van der Waals surface area contributed by atoms with Gasteiger partial charge in [0.2, 0.25) is 0 Å². The highest BCUT2D eigenvalue weighted by atomic mass is 16.6. The summed E-state index contributed by atoms with van der Waals surface area (Å²) in [6.07, 6.45) is -0.383. The third-order valence-corrected chi connectivity index (χ3v) is 3.09. The Balaban J connectivity index is 1.97.